The highest BCUT2D eigenvalue weighted by atomic mass is 35.5. The largest absolute Gasteiger partial charge is 0.382 e. The molecule has 6 rings (SSSR count). The van der Waals surface area contributed by atoms with Crippen molar-refractivity contribution in [3.63, 3.8) is 0 Å². The maximum atomic E-state index is 13.0. The van der Waals surface area contributed by atoms with Crippen LogP contribution in [0.25, 0.3) is 0 Å². The normalized spacial score (nSPS) is 14.8. The Bertz CT molecular complexity index is 1770. The number of hydrogen-bond acceptors (Lipinski definition) is 7. The minimum Gasteiger partial charge on any atom is -0.382 e. The van der Waals surface area contributed by atoms with Gasteiger partial charge in [0.1, 0.15) is 11.6 Å². The van der Waals surface area contributed by atoms with E-state index < -0.39 is 0 Å². The van der Waals surface area contributed by atoms with Crippen molar-refractivity contribution in [2.24, 2.45) is 0 Å². The van der Waals surface area contributed by atoms with Gasteiger partial charge in [0.15, 0.2) is 0 Å². The maximum absolute atomic E-state index is 13.0. The molecule has 4 aromatic carbocycles. The fourth-order valence-corrected chi connectivity index (χ4v) is 7.70. The van der Waals surface area contributed by atoms with Crippen molar-refractivity contribution < 1.29 is 19.2 Å². The van der Waals surface area contributed by atoms with Crippen molar-refractivity contribution in [1.29, 1.82) is 0 Å². The minimum atomic E-state index is -0.365. The van der Waals surface area contributed by atoms with E-state index in [0.29, 0.717) is 44.6 Å². The molecule has 1 N–H and O–H groups in total. The molecule has 0 spiro atoms. The lowest BCUT2D eigenvalue weighted by atomic mass is 10.0. The second-order valence-corrected chi connectivity index (χ2v) is 16.2. The number of benzene rings is 4. The summed E-state index contributed by atoms with van der Waals surface area (Å²) in [6.07, 6.45) is 9.58. The zero-order valence-electron chi connectivity index (χ0n) is 35.3. The first-order chi connectivity index (χ1) is 28.7. The average Bonchev–Trinajstić information content (AvgIpc) is 3.25. The van der Waals surface area contributed by atoms with Crippen molar-refractivity contribution in [1.82, 2.24) is 9.80 Å². The zero-order chi connectivity index (χ0) is 42.1. The molecule has 2 heterocycles. The van der Waals surface area contributed by atoms with Crippen molar-refractivity contribution >= 4 is 45.7 Å². The van der Waals surface area contributed by atoms with Crippen LogP contribution in [0.2, 0.25) is 0 Å². The number of rotatable bonds is 18. The molecular formula is C50H65ClN4O4. The lowest BCUT2D eigenvalue weighted by molar-refractivity contribution is -0.120. The Kier molecular flexibility index (Phi) is 21.7. The van der Waals surface area contributed by atoms with Gasteiger partial charge < -0.3 is 29.6 Å². The van der Waals surface area contributed by atoms with E-state index in [1.54, 1.807) is 6.92 Å². The predicted octanol–water partition coefficient (Wildman–Crippen LogP) is 9.80. The molecule has 0 radical (unpaired) electrons. The summed E-state index contributed by atoms with van der Waals surface area (Å²) in [6.45, 7) is 9.78. The number of hydrogen-bond donors (Lipinski definition) is 1. The van der Waals surface area contributed by atoms with Crippen LogP contribution in [0.1, 0.15) is 89.2 Å². The summed E-state index contributed by atoms with van der Waals surface area (Å²) in [6, 6.07) is 42.8. The summed E-state index contributed by atoms with van der Waals surface area (Å²) in [5.41, 5.74) is 5.05. The molecule has 0 unspecified atom stereocenters. The molecule has 8 nitrogen and oxygen atoms in total. The lowest BCUT2D eigenvalue weighted by Crippen LogP contribution is -2.48. The average molecular weight is 822 g/mol. The van der Waals surface area contributed by atoms with Crippen molar-refractivity contribution in [2.45, 2.75) is 103 Å². The number of Topliss-reactive ketones (excluding diaryl/α,β-unsaturated/α-hetero) is 2. The molecule has 4 aromatic rings. The van der Waals surface area contributed by atoms with E-state index in [0.717, 1.165) is 51.0 Å². The lowest BCUT2D eigenvalue weighted by Gasteiger charge is -2.38. The number of carbonyl (C=O) groups is 4. The number of ketones is 2. The standard InChI is InChI=1S/C25H32N2O2.C19H24N2.C6H9ClO2/c1-21(28)9-8-14-25(29)27(23-12-6-3-7-13-23)24-16-19-26(20-17-24)18-15-22-10-4-2-5-11-22;1-3-7-17(8-4-1)11-14-21-15-12-19(13-16-21)20-18-9-5-2-6-10-18;1-5(8)3-2-4-6(7)9/h2-7,10-13,24H,8-9,14-20H2,1H3;1-10,19-20H,11-16H2;2-4H2,1H3. The fourth-order valence-electron chi connectivity index (χ4n) is 7.57. The molecule has 0 saturated carbocycles. The maximum Gasteiger partial charge on any atom is 0.227 e. The van der Waals surface area contributed by atoms with Gasteiger partial charge in [0, 0.05) is 88.4 Å². The Morgan fingerprint density at radius 3 is 1.46 bits per heavy atom. The smallest absolute Gasteiger partial charge is 0.227 e. The van der Waals surface area contributed by atoms with Crippen LogP contribution in [0.4, 0.5) is 11.4 Å². The zero-order valence-corrected chi connectivity index (χ0v) is 36.0. The van der Waals surface area contributed by atoms with Crippen LogP contribution in [0.3, 0.4) is 0 Å². The molecule has 9 heteroatoms. The van der Waals surface area contributed by atoms with Crippen LogP contribution in [-0.4, -0.2) is 83.9 Å². The molecular weight excluding hydrogens is 756 g/mol. The number of piperidine rings is 2. The quantitative estimate of drug-likeness (QED) is 0.100. The number of nitrogens with zero attached hydrogens (tertiary/aromatic N) is 3. The summed E-state index contributed by atoms with van der Waals surface area (Å²) < 4.78 is 0. The van der Waals surface area contributed by atoms with Crippen molar-refractivity contribution in [3.8, 4) is 0 Å². The number of nitrogens with one attached hydrogen (secondary N) is 1. The van der Waals surface area contributed by atoms with Crippen LogP contribution in [0, 0.1) is 0 Å². The molecule has 2 fully saturated rings. The van der Waals surface area contributed by atoms with Gasteiger partial charge in [0.05, 0.1) is 0 Å². The van der Waals surface area contributed by atoms with E-state index >= 15 is 0 Å². The SMILES string of the molecule is CC(=O)CCCC(=O)Cl.CC(=O)CCCC(=O)N(c1ccccc1)C1CCN(CCc2ccccc2)CC1.c1ccc(CCN2CCC(Nc3ccccc3)CC2)cc1. The Hall–Kier alpha value is -4.63. The third kappa shape index (κ3) is 19.3. The van der Waals surface area contributed by atoms with Gasteiger partial charge in [-0.15, -0.1) is 0 Å². The number of amides is 1. The second-order valence-electron chi connectivity index (χ2n) is 15.7. The van der Waals surface area contributed by atoms with Gasteiger partial charge in [-0.25, -0.2) is 0 Å². The van der Waals surface area contributed by atoms with Gasteiger partial charge in [0.2, 0.25) is 11.1 Å². The van der Waals surface area contributed by atoms with E-state index in [4.69, 9.17) is 11.6 Å². The van der Waals surface area contributed by atoms with Gasteiger partial charge in [-0.3, -0.25) is 9.59 Å². The Morgan fingerprint density at radius 2 is 1.00 bits per heavy atom. The summed E-state index contributed by atoms with van der Waals surface area (Å²) in [4.78, 5) is 51.7. The first-order valence-electron chi connectivity index (χ1n) is 21.5. The second kappa shape index (κ2) is 27.2. The molecule has 0 aromatic heterocycles. The first-order valence-corrected chi connectivity index (χ1v) is 21.9. The topological polar surface area (TPSA) is 90.0 Å². The monoisotopic (exact) mass is 820 g/mol. The molecule has 1 amide bonds. The summed E-state index contributed by atoms with van der Waals surface area (Å²) >= 11 is 5.01. The molecule has 2 aliphatic heterocycles. The fraction of sp³-hybridized carbons (Fsp3) is 0.440. The molecule has 59 heavy (non-hydrogen) atoms. The van der Waals surface area contributed by atoms with Crippen molar-refractivity contribution in [2.75, 3.05) is 49.5 Å². The number of likely N-dealkylation sites (tertiary alicyclic amines) is 2. The van der Waals surface area contributed by atoms with Crippen molar-refractivity contribution in [3.05, 3.63) is 132 Å². The summed E-state index contributed by atoms with van der Waals surface area (Å²) in [7, 11) is 0. The Morgan fingerprint density at radius 1 is 0.576 bits per heavy atom. The molecule has 2 aliphatic rings. The molecule has 2 saturated heterocycles. The number of carbonyl (C=O) groups excluding carboxylic acids is 4. The van der Waals surface area contributed by atoms with Crippen LogP contribution in [0.15, 0.2) is 121 Å². The van der Waals surface area contributed by atoms with Gasteiger partial charge in [-0.1, -0.05) is 97.1 Å². The van der Waals surface area contributed by atoms with E-state index in [-0.39, 0.29) is 28.8 Å². The van der Waals surface area contributed by atoms with Crippen LogP contribution in [0.5, 0.6) is 0 Å². The van der Waals surface area contributed by atoms with Crippen LogP contribution < -0.4 is 10.2 Å². The Labute approximate surface area is 358 Å². The number of anilines is 2. The summed E-state index contributed by atoms with van der Waals surface area (Å²) in [5.74, 6) is 0.392. The molecule has 0 aliphatic carbocycles. The molecule has 0 atom stereocenters. The third-order valence-electron chi connectivity index (χ3n) is 10.9. The number of para-hydroxylation sites is 2. The highest BCUT2D eigenvalue weighted by Crippen LogP contribution is 2.25. The van der Waals surface area contributed by atoms with Gasteiger partial charge >= 0.3 is 0 Å². The van der Waals surface area contributed by atoms with E-state index in [9.17, 15) is 19.2 Å². The number of halogens is 1. The Balaban J connectivity index is 0.000000223. The van der Waals surface area contributed by atoms with Crippen LogP contribution in [-0.2, 0) is 32.0 Å². The van der Waals surface area contributed by atoms with Gasteiger partial charge in [0.25, 0.3) is 0 Å². The molecule has 316 valence electrons. The van der Waals surface area contributed by atoms with Crippen LogP contribution >= 0.6 is 11.6 Å². The first kappa shape index (κ1) is 47.1. The third-order valence-corrected chi connectivity index (χ3v) is 11.1. The summed E-state index contributed by atoms with van der Waals surface area (Å²) in [5, 5.41) is 3.28. The van der Waals surface area contributed by atoms with E-state index in [2.05, 4.69) is 106 Å². The van der Waals surface area contributed by atoms with E-state index in [1.807, 2.05) is 35.2 Å². The highest BCUT2D eigenvalue weighted by molar-refractivity contribution is 6.63. The van der Waals surface area contributed by atoms with Gasteiger partial charge in [-0.05, 0) is 112 Å². The highest BCUT2D eigenvalue weighted by Gasteiger charge is 2.29. The minimum absolute atomic E-state index is 0.105. The van der Waals surface area contributed by atoms with E-state index in [1.165, 1.54) is 56.2 Å². The predicted molar refractivity (Wildman–Crippen MR) is 243 cm³/mol. The molecule has 0 bridgehead atoms. The van der Waals surface area contributed by atoms with Gasteiger partial charge in [-0.2, -0.15) is 0 Å².